The van der Waals surface area contributed by atoms with Crippen LogP contribution in [0.5, 0.6) is 5.75 Å². The molecule has 1 fully saturated rings. The van der Waals surface area contributed by atoms with Crippen LogP contribution in [0.15, 0.2) is 78.9 Å². The van der Waals surface area contributed by atoms with Crippen LogP contribution in [-0.2, 0) is 33.8 Å². The molecule has 0 saturated carbocycles. The molecule has 1 aliphatic rings. The molecule has 0 unspecified atom stereocenters. The predicted molar refractivity (Wildman–Crippen MR) is 154 cm³/mol. The second-order valence-electron chi connectivity index (χ2n) is 10.2. The molecule has 8 heteroatoms. The lowest BCUT2D eigenvalue weighted by Gasteiger charge is -2.32. The topological polar surface area (TPSA) is 95.9 Å². The number of carboxylic acids is 1. The Morgan fingerprint density at radius 3 is 2.30 bits per heavy atom. The molecule has 1 saturated heterocycles. The van der Waals surface area contributed by atoms with Gasteiger partial charge in [-0.05, 0) is 66.1 Å². The van der Waals surface area contributed by atoms with Crippen molar-refractivity contribution in [3.05, 3.63) is 101 Å². The van der Waals surface area contributed by atoms with Crippen LogP contribution < -0.4 is 10.1 Å². The number of carbonyl (C=O) groups excluding carboxylic acids is 2. The Morgan fingerprint density at radius 2 is 1.62 bits per heavy atom. The maximum Gasteiger partial charge on any atom is 0.326 e. The Balaban J connectivity index is 1.18. The third-order valence-electron chi connectivity index (χ3n) is 7.20. The number of aryl methyl sites for hydroxylation is 1. The number of ether oxygens (including phenoxy) is 1. The van der Waals surface area contributed by atoms with E-state index in [-0.39, 0.29) is 30.6 Å². The van der Waals surface area contributed by atoms with Gasteiger partial charge in [-0.25, -0.2) is 4.79 Å². The molecule has 0 radical (unpaired) electrons. The van der Waals surface area contributed by atoms with Gasteiger partial charge in [0.25, 0.3) is 0 Å². The zero-order chi connectivity index (χ0) is 28.3. The van der Waals surface area contributed by atoms with Crippen molar-refractivity contribution in [2.75, 3.05) is 13.1 Å². The lowest BCUT2D eigenvalue weighted by atomic mass is 9.92. The van der Waals surface area contributed by atoms with Crippen LogP contribution in [0.3, 0.4) is 0 Å². The number of nitrogens with zero attached hydrogens (tertiary/aromatic N) is 1. The van der Waals surface area contributed by atoms with Gasteiger partial charge < -0.3 is 20.1 Å². The summed E-state index contributed by atoms with van der Waals surface area (Å²) < 4.78 is 5.79. The largest absolute Gasteiger partial charge is 0.489 e. The molecule has 0 spiro atoms. The van der Waals surface area contributed by atoms with Crippen molar-refractivity contribution in [2.24, 2.45) is 5.92 Å². The van der Waals surface area contributed by atoms with E-state index in [0.29, 0.717) is 43.3 Å². The van der Waals surface area contributed by atoms with Crippen LogP contribution >= 0.6 is 11.6 Å². The van der Waals surface area contributed by atoms with Gasteiger partial charge in [0.1, 0.15) is 18.4 Å². The van der Waals surface area contributed by atoms with Crippen LogP contribution in [0.4, 0.5) is 0 Å². The predicted octanol–water partition coefficient (Wildman–Crippen LogP) is 5.29. The monoisotopic (exact) mass is 562 g/mol. The second-order valence-corrected chi connectivity index (χ2v) is 10.7. The summed E-state index contributed by atoms with van der Waals surface area (Å²) in [5.74, 6) is -0.436. The lowest BCUT2D eigenvalue weighted by molar-refractivity contribution is -0.142. The standard InChI is InChI=1S/C32H35ClN2O5/c33-27-8-4-7-23(19-27)11-14-31(37)35-17-15-25(16-18-35)21-30(36)34-29(32(38)39)20-24-9-12-28(13-10-24)40-22-26-5-2-1-3-6-26/h1-10,12-13,19,25,29H,11,14-18,20-22H2,(H,34,36)(H,38,39)/t29-/m0/s1. The Bertz CT molecular complexity index is 1270. The van der Waals surface area contributed by atoms with E-state index in [2.05, 4.69) is 5.32 Å². The number of carbonyl (C=O) groups is 3. The van der Waals surface area contributed by atoms with Crippen molar-refractivity contribution >= 4 is 29.4 Å². The summed E-state index contributed by atoms with van der Waals surface area (Å²) in [6, 6.07) is 23.6. The van der Waals surface area contributed by atoms with Gasteiger partial charge in [-0.1, -0.05) is 66.2 Å². The zero-order valence-electron chi connectivity index (χ0n) is 22.4. The number of benzene rings is 3. The van der Waals surface area contributed by atoms with Gasteiger partial charge in [0, 0.05) is 37.4 Å². The number of nitrogens with one attached hydrogen (secondary N) is 1. The van der Waals surface area contributed by atoms with Gasteiger partial charge in [-0.3, -0.25) is 9.59 Å². The van der Waals surface area contributed by atoms with E-state index in [1.807, 2.05) is 83.8 Å². The molecule has 2 amide bonds. The number of rotatable bonds is 12. The first-order chi connectivity index (χ1) is 19.4. The summed E-state index contributed by atoms with van der Waals surface area (Å²) in [7, 11) is 0. The summed E-state index contributed by atoms with van der Waals surface area (Å²) in [6.07, 6.45) is 2.94. The Labute approximate surface area is 240 Å². The fourth-order valence-corrected chi connectivity index (χ4v) is 5.12. The molecule has 3 aromatic carbocycles. The van der Waals surface area contributed by atoms with Gasteiger partial charge in [0.2, 0.25) is 11.8 Å². The summed E-state index contributed by atoms with van der Waals surface area (Å²) in [6.45, 7) is 1.66. The highest BCUT2D eigenvalue weighted by molar-refractivity contribution is 6.30. The maximum atomic E-state index is 12.7. The van der Waals surface area contributed by atoms with E-state index in [1.54, 1.807) is 0 Å². The number of likely N-dealkylation sites (tertiary alicyclic amines) is 1. The van der Waals surface area contributed by atoms with Gasteiger partial charge in [0.05, 0.1) is 0 Å². The number of hydrogen-bond donors (Lipinski definition) is 2. The van der Waals surface area contributed by atoms with Gasteiger partial charge in [0.15, 0.2) is 0 Å². The fraction of sp³-hybridized carbons (Fsp3) is 0.344. The van der Waals surface area contributed by atoms with Gasteiger partial charge in [-0.2, -0.15) is 0 Å². The number of carboxylic acid groups (broad SMARTS) is 1. The van der Waals surface area contributed by atoms with E-state index < -0.39 is 12.0 Å². The van der Waals surface area contributed by atoms with Crippen molar-refractivity contribution in [3.8, 4) is 5.75 Å². The molecule has 0 bridgehead atoms. The lowest BCUT2D eigenvalue weighted by Crippen LogP contribution is -2.44. The SMILES string of the molecule is O=C(CC1CCN(C(=O)CCc2cccc(Cl)c2)CC1)N[C@@H](Cc1ccc(OCc2ccccc2)cc1)C(=O)O. The van der Waals surface area contributed by atoms with Crippen LogP contribution in [0.25, 0.3) is 0 Å². The van der Waals surface area contributed by atoms with E-state index in [4.69, 9.17) is 16.3 Å². The number of halogens is 1. The highest BCUT2D eigenvalue weighted by atomic mass is 35.5. The highest BCUT2D eigenvalue weighted by Gasteiger charge is 2.26. The van der Waals surface area contributed by atoms with E-state index in [0.717, 1.165) is 29.5 Å². The molecule has 1 aliphatic heterocycles. The molecular formula is C32H35ClN2O5. The molecule has 0 aromatic heterocycles. The van der Waals surface area contributed by atoms with Crippen molar-refractivity contribution in [3.63, 3.8) is 0 Å². The van der Waals surface area contributed by atoms with Crippen LogP contribution in [0.1, 0.15) is 42.4 Å². The molecule has 40 heavy (non-hydrogen) atoms. The third-order valence-corrected chi connectivity index (χ3v) is 7.44. The summed E-state index contributed by atoms with van der Waals surface area (Å²) in [4.78, 5) is 39.1. The first-order valence-electron chi connectivity index (χ1n) is 13.7. The minimum Gasteiger partial charge on any atom is -0.489 e. The second kappa shape index (κ2) is 14.5. The average molecular weight is 563 g/mol. The molecule has 7 nitrogen and oxygen atoms in total. The van der Waals surface area contributed by atoms with E-state index >= 15 is 0 Å². The fourth-order valence-electron chi connectivity index (χ4n) is 4.90. The smallest absolute Gasteiger partial charge is 0.326 e. The number of amides is 2. The molecule has 0 aliphatic carbocycles. The van der Waals surface area contributed by atoms with Crippen molar-refractivity contribution in [1.82, 2.24) is 10.2 Å². The van der Waals surface area contributed by atoms with Crippen molar-refractivity contribution in [2.45, 2.75) is 51.2 Å². The Hall–Kier alpha value is -3.84. The van der Waals surface area contributed by atoms with Gasteiger partial charge >= 0.3 is 5.97 Å². The molecule has 3 aromatic rings. The number of hydrogen-bond acceptors (Lipinski definition) is 4. The zero-order valence-corrected chi connectivity index (χ0v) is 23.2. The molecular weight excluding hydrogens is 528 g/mol. The summed E-state index contributed by atoms with van der Waals surface area (Å²) >= 11 is 6.02. The maximum absolute atomic E-state index is 12.7. The highest BCUT2D eigenvalue weighted by Crippen LogP contribution is 2.22. The normalized spacial score (nSPS) is 14.4. The summed E-state index contributed by atoms with van der Waals surface area (Å²) in [5.41, 5.74) is 2.89. The molecule has 210 valence electrons. The molecule has 1 heterocycles. The molecule has 2 N–H and O–H groups in total. The van der Waals surface area contributed by atoms with Gasteiger partial charge in [-0.15, -0.1) is 0 Å². The average Bonchev–Trinajstić information content (AvgIpc) is 2.96. The molecule has 1 atom stereocenters. The van der Waals surface area contributed by atoms with Crippen LogP contribution in [-0.4, -0.2) is 46.9 Å². The number of piperidine rings is 1. The first-order valence-corrected chi connectivity index (χ1v) is 14.0. The number of aliphatic carboxylic acids is 1. The van der Waals surface area contributed by atoms with Crippen LogP contribution in [0.2, 0.25) is 5.02 Å². The quantitative estimate of drug-likeness (QED) is 0.313. The van der Waals surface area contributed by atoms with E-state index in [1.165, 1.54) is 0 Å². The Morgan fingerprint density at radius 1 is 0.925 bits per heavy atom. The summed E-state index contributed by atoms with van der Waals surface area (Å²) in [5, 5.41) is 13.1. The first kappa shape index (κ1) is 29.2. The van der Waals surface area contributed by atoms with E-state index in [9.17, 15) is 19.5 Å². The van der Waals surface area contributed by atoms with Crippen LogP contribution in [0, 0.1) is 5.92 Å². The van der Waals surface area contributed by atoms with Crippen molar-refractivity contribution in [1.29, 1.82) is 0 Å². The Kier molecular flexibility index (Phi) is 10.6. The van der Waals surface area contributed by atoms with Crippen molar-refractivity contribution < 1.29 is 24.2 Å². The minimum absolute atomic E-state index is 0.102. The molecule has 4 rings (SSSR count). The third kappa shape index (κ3) is 9.12. The minimum atomic E-state index is -1.07.